The zero-order valence-corrected chi connectivity index (χ0v) is 14.1. The van der Waals surface area contributed by atoms with E-state index in [0.29, 0.717) is 6.54 Å². The first-order valence-corrected chi connectivity index (χ1v) is 8.13. The van der Waals surface area contributed by atoms with Gasteiger partial charge in [0.15, 0.2) is 0 Å². The molecular weight excluding hydrogens is 292 g/mol. The van der Waals surface area contributed by atoms with Gasteiger partial charge in [0.2, 0.25) is 5.91 Å². The molecule has 1 amide bonds. The van der Waals surface area contributed by atoms with E-state index in [-0.39, 0.29) is 12.5 Å². The van der Waals surface area contributed by atoms with Crippen molar-refractivity contribution in [1.29, 1.82) is 0 Å². The zero-order valence-electron chi connectivity index (χ0n) is 14.1. The van der Waals surface area contributed by atoms with Crippen molar-refractivity contribution in [1.82, 2.24) is 9.80 Å². The Morgan fingerprint density at radius 3 is 2.52 bits per heavy atom. The number of carbonyl (C=O) groups is 1. The first-order chi connectivity index (χ1) is 11.1. The summed E-state index contributed by atoms with van der Waals surface area (Å²) >= 11 is 0. The molecule has 6 nitrogen and oxygen atoms in total. The standard InChI is InChI=1S/C17H28N4O2/c1-19(17(22)16(18)14-23-2)8-9-20-10-12-21(13-11-20)15-6-4-3-5-7-15/h3-7,16H,8-14,18H2,1-2H3. The van der Waals surface area contributed by atoms with Crippen LogP contribution in [0.5, 0.6) is 0 Å². The maximum Gasteiger partial charge on any atom is 0.241 e. The number of nitrogens with zero attached hydrogens (tertiary/aromatic N) is 3. The van der Waals surface area contributed by atoms with Gasteiger partial charge >= 0.3 is 0 Å². The fourth-order valence-electron chi connectivity index (χ4n) is 2.80. The van der Waals surface area contributed by atoms with Gasteiger partial charge < -0.3 is 20.3 Å². The molecule has 2 N–H and O–H groups in total. The number of anilines is 1. The van der Waals surface area contributed by atoms with Crippen LogP contribution in [0.3, 0.4) is 0 Å². The van der Waals surface area contributed by atoms with E-state index in [9.17, 15) is 4.79 Å². The Bertz CT molecular complexity index is 475. The molecule has 1 aromatic rings. The van der Waals surface area contributed by atoms with Crippen molar-refractivity contribution < 1.29 is 9.53 Å². The Morgan fingerprint density at radius 1 is 1.26 bits per heavy atom. The van der Waals surface area contributed by atoms with Crippen LogP contribution in [-0.2, 0) is 9.53 Å². The van der Waals surface area contributed by atoms with E-state index in [1.54, 1.807) is 19.1 Å². The van der Waals surface area contributed by atoms with Gasteiger partial charge in [0.05, 0.1) is 6.61 Å². The number of para-hydroxylation sites is 1. The predicted octanol–water partition coefficient (Wildman–Crippen LogP) is 0.241. The van der Waals surface area contributed by atoms with Crippen molar-refractivity contribution >= 4 is 11.6 Å². The van der Waals surface area contributed by atoms with E-state index >= 15 is 0 Å². The number of methoxy groups -OCH3 is 1. The van der Waals surface area contributed by atoms with Gasteiger partial charge in [-0.05, 0) is 12.1 Å². The van der Waals surface area contributed by atoms with Crippen LogP contribution in [0.2, 0.25) is 0 Å². The maximum atomic E-state index is 12.0. The summed E-state index contributed by atoms with van der Waals surface area (Å²) in [5.74, 6) is -0.0604. The summed E-state index contributed by atoms with van der Waals surface area (Å²) in [5.41, 5.74) is 7.07. The molecule has 0 saturated carbocycles. The molecule has 0 aromatic heterocycles. The molecule has 1 aromatic carbocycles. The first kappa shape index (κ1) is 17.7. The van der Waals surface area contributed by atoms with Crippen molar-refractivity contribution in [2.75, 3.05) is 64.9 Å². The van der Waals surface area contributed by atoms with Gasteiger partial charge in [0, 0.05) is 59.1 Å². The van der Waals surface area contributed by atoms with E-state index in [0.717, 1.165) is 32.7 Å². The molecule has 0 radical (unpaired) electrons. The van der Waals surface area contributed by atoms with Crippen molar-refractivity contribution in [2.45, 2.75) is 6.04 Å². The topological polar surface area (TPSA) is 62.0 Å². The Labute approximate surface area is 138 Å². The van der Waals surface area contributed by atoms with Gasteiger partial charge in [-0.3, -0.25) is 9.69 Å². The normalized spacial score (nSPS) is 17.1. The number of amides is 1. The SMILES string of the molecule is COCC(N)C(=O)N(C)CCN1CCN(c2ccccc2)CC1. The minimum absolute atomic E-state index is 0.0604. The molecule has 6 heteroatoms. The zero-order chi connectivity index (χ0) is 16.7. The van der Waals surface area contributed by atoms with Crippen LogP contribution in [0.1, 0.15) is 0 Å². The molecular formula is C17H28N4O2. The summed E-state index contributed by atoms with van der Waals surface area (Å²) in [6, 6.07) is 9.93. The van der Waals surface area contributed by atoms with Crippen LogP contribution >= 0.6 is 0 Å². The van der Waals surface area contributed by atoms with Crippen LogP contribution < -0.4 is 10.6 Å². The van der Waals surface area contributed by atoms with E-state index in [1.807, 2.05) is 6.07 Å². The van der Waals surface area contributed by atoms with E-state index in [1.165, 1.54) is 5.69 Å². The molecule has 1 aliphatic rings. The molecule has 1 atom stereocenters. The first-order valence-electron chi connectivity index (χ1n) is 8.13. The number of benzene rings is 1. The quantitative estimate of drug-likeness (QED) is 0.780. The molecule has 1 heterocycles. The van der Waals surface area contributed by atoms with E-state index < -0.39 is 6.04 Å². The molecule has 128 valence electrons. The van der Waals surface area contributed by atoms with Crippen molar-refractivity contribution in [3.05, 3.63) is 30.3 Å². The van der Waals surface area contributed by atoms with Crippen LogP contribution in [0.25, 0.3) is 0 Å². The van der Waals surface area contributed by atoms with Gasteiger partial charge in [0.1, 0.15) is 6.04 Å². The molecule has 1 fully saturated rings. The van der Waals surface area contributed by atoms with Crippen molar-refractivity contribution in [3.63, 3.8) is 0 Å². The monoisotopic (exact) mass is 320 g/mol. The van der Waals surface area contributed by atoms with Gasteiger partial charge in [-0.2, -0.15) is 0 Å². The lowest BCUT2D eigenvalue weighted by Gasteiger charge is -2.36. The van der Waals surface area contributed by atoms with Crippen LogP contribution in [0.15, 0.2) is 30.3 Å². The van der Waals surface area contributed by atoms with Gasteiger partial charge in [-0.25, -0.2) is 0 Å². The third-order valence-electron chi connectivity index (χ3n) is 4.28. The number of piperazine rings is 1. The van der Waals surface area contributed by atoms with Gasteiger partial charge in [0.25, 0.3) is 0 Å². The highest BCUT2D eigenvalue weighted by Crippen LogP contribution is 2.15. The number of nitrogens with two attached hydrogens (primary N) is 1. The molecule has 2 rings (SSSR count). The molecule has 1 aliphatic heterocycles. The number of rotatable bonds is 7. The number of hydrogen-bond donors (Lipinski definition) is 1. The lowest BCUT2D eigenvalue weighted by Crippen LogP contribution is -2.50. The lowest BCUT2D eigenvalue weighted by atomic mass is 10.2. The fourth-order valence-corrected chi connectivity index (χ4v) is 2.80. The number of carbonyl (C=O) groups excluding carboxylic acids is 1. The summed E-state index contributed by atoms with van der Waals surface area (Å²) in [6.07, 6.45) is 0. The van der Waals surface area contributed by atoms with E-state index in [2.05, 4.69) is 34.1 Å². The minimum atomic E-state index is -0.570. The maximum absolute atomic E-state index is 12.0. The Balaban J connectivity index is 1.71. The minimum Gasteiger partial charge on any atom is -0.383 e. The van der Waals surface area contributed by atoms with Crippen LogP contribution in [-0.4, -0.2) is 81.8 Å². The molecule has 0 bridgehead atoms. The highest BCUT2D eigenvalue weighted by Gasteiger charge is 2.20. The highest BCUT2D eigenvalue weighted by molar-refractivity contribution is 5.81. The van der Waals surface area contributed by atoms with E-state index in [4.69, 9.17) is 10.5 Å². The lowest BCUT2D eigenvalue weighted by molar-refractivity contribution is -0.132. The Hall–Kier alpha value is -1.63. The Kier molecular flexibility index (Phi) is 6.83. The third kappa shape index (κ3) is 5.20. The summed E-state index contributed by atoms with van der Waals surface area (Å²) in [6.45, 7) is 5.91. The van der Waals surface area contributed by atoms with Gasteiger partial charge in [-0.15, -0.1) is 0 Å². The molecule has 1 saturated heterocycles. The smallest absolute Gasteiger partial charge is 0.241 e. The number of hydrogen-bond acceptors (Lipinski definition) is 5. The van der Waals surface area contributed by atoms with Crippen LogP contribution in [0, 0.1) is 0 Å². The molecule has 0 aliphatic carbocycles. The second-order valence-corrected chi connectivity index (χ2v) is 5.99. The van der Waals surface area contributed by atoms with Crippen molar-refractivity contribution in [3.8, 4) is 0 Å². The molecule has 23 heavy (non-hydrogen) atoms. The second kappa shape index (κ2) is 8.86. The largest absolute Gasteiger partial charge is 0.383 e. The summed E-state index contributed by atoms with van der Waals surface area (Å²) < 4.78 is 4.93. The predicted molar refractivity (Wildman–Crippen MR) is 92.6 cm³/mol. The summed E-state index contributed by atoms with van der Waals surface area (Å²) in [4.78, 5) is 18.5. The number of likely N-dealkylation sites (N-methyl/N-ethyl adjacent to an activating group) is 1. The fraction of sp³-hybridized carbons (Fsp3) is 0.588. The molecule has 1 unspecified atom stereocenters. The summed E-state index contributed by atoms with van der Waals surface area (Å²) in [7, 11) is 3.36. The molecule has 0 spiro atoms. The van der Waals surface area contributed by atoms with Crippen molar-refractivity contribution in [2.24, 2.45) is 5.73 Å². The number of ether oxygens (including phenoxy) is 1. The Morgan fingerprint density at radius 2 is 1.91 bits per heavy atom. The average molecular weight is 320 g/mol. The third-order valence-corrected chi connectivity index (χ3v) is 4.28. The highest BCUT2D eigenvalue weighted by atomic mass is 16.5. The second-order valence-electron chi connectivity index (χ2n) is 5.99. The van der Waals surface area contributed by atoms with Gasteiger partial charge in [-0.1, -0.05) is 18.2 Å². The summed E-state index contributed by atoms with van der Waals surface area (Å²) in [5, 5.41) is 0. The van der Waals surface area contributed by atoms with Crippen LogP contribution in [0.4, 0.5) is 5.69 Å². The average Bonchev–Trinajstić information content (AvgIpc) is 2.60.